The number of para-hydroxylation sites is 1. The predicted octanol–water partition coefficient (Wildman–Crippen LogP) is 4.16. The van der Waals surface area contributed by atoms with Crippen LogP contribution in [0.5, 0.6) is 0 Å². The van der Waals surface area contributed by atoms with Crippen molar-refractivity contribution >= 4 is 28.2 Å². The molecule has 170 valence electrons. The Hall–Kier alpha value is -4.15. The molecule has 5 rings (SSSR count). The monoisotopic (exact) mass is 451 g/mol. The van der Waals surface area contributed by atoms with Gasteiger partial charge in [0, 0.05) is 35.4 Å². The van der Waals surface area contributed by atoms with Crippen LogP contribution in [0.2, 0.25) is 0 Å². The molecule has 0 radical (unpaired) electrons. The van der Waals surface area contributed by atoms with E-state index in [1.807, 2.05) is 65.3 Å². The van der Waals surface area contributed by atoms with Crippen LogP contribution in [0.15, 0.2) is 79.0 Å². The van der Waals surface area contributed by atoms with Crippen molar-refractivity contribution < 1.29 is 9.90 Å². The lowest BCUT2D eigenvalue weighted by Crippen LogP contribution is -2.35. The van der Waals surface area contributed by atoms with Gasteiger partial charge in [0.25, 0.3) is 5.91 Å². The summed E-state index contributed by atoms with van der Waals surface area (Å²) in [5.74, 6) is -0.225. The average molecular weight is 452 g/mol. The van der Waals surface area contributed by atoms with Crippen LogP contribution in [0.25, 0.3) is 16.6 Å². The number of aromatic nitrogens is 2. The molecule has 0 spiro atoms. The van der Waals surface area contributed by atoms with Gasteiger partial charge in [-0.15, -0.1) is 0 Å². The van der Waals surface area contributed by atoms with Crippen LogP contribution >= 0.6 is 0 Å². The molecule has 34 heavy (non-hydrogen) atoms. The topological polar surface area (TPSA) is 85.4 Å². The largest absolute Gasteiger partial charge is 0.393 e. The van der Waals surface area contributed by atoms with Gasteiger partial charge in [-0.2, -0.15) is 10.4 Å². The van der Waals surface area contributed by atoms with Gasteiger partial charge in [0.15, 0.2) is 0 Å². The fraction of sp³-hybridized carbons (Fsp3) is 0.222. The summed E-state index contributed by atoms with van der Waals surface area (Å²) < 4.78 is 1.86. The van der Waals surface area contributed by atoms with Gasteiger partial charge < -0.3 is 10.0 Å². The van der Waals surface area contributed by atoms with E-state index in [4.69, 9.17) is 0 Å². The summed E-state index contributed by atoms with van der Waals surface area (Å²) in [5.41, 5.74) is 4.09. The van der Waals surface area contributed by atoms with Crippen molar-refractivity contribution in [2.24, 2.45) is 0 Å². The van der Waals surface area contributed by atoms with Crippen LogP contribution in [-0.2, 0) is 0 Å². The summed E-state index contributed by atoms with van der Waals surface area (Å²) in [6.45, 7) is 1.54. The summed E-state index contributed by atoms with van der Waals surface area (Å²) in [6.07, 6.45) is 3.04. The fourth-order valence-corrected chi connectivity index (χ4v) is 4.41. The van der Waals surface area contributed by atoms with E-state index in [2.05, 4.69) is 16.1 Å². The number of hydrogen-bond acceptors (Lipinski definition) is 5. The lowest BCUT2D eigenvalue weighted by atomic mass is 10.1. The van der Waals surface area contributed by atoms with Crippen molar-refractivity contribution in [3.63, 3.8) is 0 Å². The molecule has 2 heterocycles. The van der Waals surface area contributed by atoms with Crippen LogP contribution in [0, 0.1) is 11.3 Å². The van der Waals surface area contributed by atoms with E-state index in [0.717, 1.165) is 48.2 Å². The summed E-state index contributed by atoms with van der Waals surface area (Å²) >= 11 is 0. The maximum Gasteiger partial charge on any atom is 0.259 e. The Labute approximate surface area is 198 Å². The molecule has 0 unspecified atom stereocenters. The Bertz CT molecular complexity index is 1330. The lowest BCUT2D eigenvalue weighted by Gasteiger charge is -2.31. The quantitative estimate of drug-likeness (QED) is 0.461. The predicted molar refractivity (Wildman–Crippen MR) is 132 cm³/mol. The van der Waals surface area contributed by atoms with E-state index in [0.29, 0.717) is 11.3 Å². The molecule has 1 N–H and O–H groups in total. The number of carbonyl (C=O) groups excluding carboxylic acids is 1. The summed E-state index contributed by atoms with van der Waals surface area (Å²) in [5, 5.41) is 24.5. The smallest absolute Gasteiger partial charge is 0.259 e. The number of rotatable bonds is 5. The van der Waals surface area contributed by atoms with Crippen LogP contribution in [0.3, 0.4) is 0 Å². The Kier molecular flexibility index (Phi) is 5.98. The third kappa shape index (κ3) is 4.24. The van der Waals surface area contributed by atoms with E-state index in [1.54, 1.807) is 18.3 Å². The second kappa shape index (κ2) is 9.38. The molecule has 1 saturated heterocycles. The zero-order valence-corrected chi connectivity index (χ0v) is 18.7. The molecule has 1 aliphatic rings. The van der Waals surface area contributed by atoms with E-state index in [1.165, 1.54) is 4.90 Å². The third-order valence-corrected chi connectivity index (χ3v) is 6.28. The number of amides is 1. The van der Waals surface area contributed by atoms with E-state index in [9.17, 15) is 15.2 Å². The number of benzene rings is 3. The van der Waals surface area contributed by atoms with Gasteiger partial charge in [0.2, 0.25) is 0 Å². The number of nitriles is 1. The second-order valence-electron chi connectivity index (χ2n) is 8.45. The van der Waals surface area contributed by atoms with Crippen molar-refractivity contribution in [1.82, 2.24) is 9.78 Å². The highest BCUT2D eigenvalue weighted by atomic mass is 16.3. The van der Waals surface area contributed by atoms with Gasteiger partial charge >= 0.3 is 0 Å². The first kappa shape index (κ1) is 21.7. The Balaban J connectivity index is 1.40. The number of fused-ring (bicyclic) bond motifs is 1. The molecule has 1 aromatic heterocycles. The van der Waals surface area contributed by atoms with Gasteiger partial charge in [-0.3, -0.25) is 9.69 Å². The summed E-state index contributed by atoms with van der Waals surface area (Å²) in [7, 11) is 0. The molecule has 1 amide bonds. The lowest BCUT2D eigenvalue weighted by molar-refractivity contribution is 0.0990. The fourth-order valence-electron chi connectivity index (χ4n) is 4.41. The van der Waals surface area contributed by atoms with Crippen LogP contribution in [0.4, 0.5) is 11.4 Å². The molecule has 0 aliphatic carbocycles. The van der Waals surface area contributed by atoms with Crippen LogP contribution < -0.4 is 9.80 Å². The SMILES string of the molecule is N#CCN(C(=O)c1ccc(N2CCC(O)CC2)cc1)c1ccc2c(cnn2-c2ccccc2)c1. The van der Waals surface area contributed by atoms with Gasteiger partial charge in [-0.1, -0.05) is 18.2 Å². The highest BCUT2D eigenvalue weighted by Crippen LogP contribution is 2.26. The first-order valence-corrected chi connectivity index (χ1v) is 11.4. The number of nitrogens with zero attached hydrogens (tertiary/aromatic N) is 5. The highest BCUT2D eigenvalue weighted by Gasteiger charge is 2.21. The molecular formula is C27H25N5O2. The highest BCUT2D eigenvalue weighted by molar-refractivity contribution is 6.07. The Morgan fingerprint density at radius 1 is 1.03 bits per heavy atom. The molecular weight excluding hydrogens is 426 g/mol. The Morgan fingerprint density at radius 2 is 1.76 bits per heavy atom. The van der Waals surface area contributed by atoms with Crippen molar-refractivity contribution in [2.45, 2.75) is 18.9 Å². The van der Waals surface area contributed by atoms with Crippen LogP contribution in [0.1, 0.15) is 23.2 Å². The molecule has 4 aromatic rings. The summed E-state index contributed by atoms with van der Waals surface area (Å²) in [6, 6.07) is 25.1. The average Bonchev–Trinajstić information content (AvgIpc) is 3.31. The Morgan fingerprint density at radius 3 is 2.47 bits per heavy atom. The number of anilines is 2. The number of hydrogen-bond donors (Lipinski definition) is 1. The van der Waals surface area contributed by atoms with Gasteiger partial charge in [0.05, 0.1) is 29.6 Å². The number of carbonyl (C=O) groups is 1. The zero-order chi connectivity index (χ0) is 23.5. The number of aliphatic hydroxyl groups is 1. The molecule has 0 atom stereocenters. The minimum absolute atomic E-state index is 0.0527. The van der Waals surface area contributed by atoms with E-state index < -0.39 is 0 Å². The van der Waals surface area contributed by atoms with Crippen molar-refractivity contribution in [1.29, 1.82) is 5.26 Å². The first-order chi connectivity index (χ1) is 16.6. The number of aliphatic hydroxyl groups excluding tert-OH is 1. The molecule has 7 heteroatoms. The zero-order valence-electron chi connectivity index (χ0n) is 18.7. The molecule has 1 aliphatic heterocycles. The van der Waals surface area contributed by atoms with E-state index in [-0.39, 0.29) is 18.6 Å². The molecule has 7 nitrogen and oxygen atoms in total. The second-order valence-corrected chi connectivity index (χ2v) is 8.45. The van der Waals surface area contributed by atoms with E-state index >= 15 is 0 Å². The number of piperidine rings is 1. The normalized spacial score (nSPS) is 14.2. The molecule has 0 bridgehead atoms. The minimum atomic E-state index is -0.228. The minimum Gasteiger partial charge on any atom is -0.393 e. The van der Waals surface area contributed by atoms with Crippen molar-refractivity contribution in [3.8, 4) is 11.8 Å². The first-order valence-electron chi connectivity index (χ1n) is 11.4. The van der Waals surface area contributed by atoms with Crippen LogP contribution in [-0.4, -0.2) is 46.5 Å². The maximum atomic E-state index is 13.3. The standard InChI is InChI=1S/C27H25N5O2/c28-14-17-31(27(34)20-6-8-22(9-7-20)30-15-12-25(33)13-16-30)24-10-11-26-21(18-24)19-29-32(26)23-4-2-1-3-5-23/h1-11,18-19,25,33H,12-13,15-17H2. The third-order valence-electron chi connectivity index (χ3n) is 6.28. The van der Waals surface area contributed by atoms with Crippen molar-refractivity contribution in [2.75, 3.05) is 29.4 Å². The van der Waals surface area contributed by atoms with Gasteiger partial charge in [0.1, 0.15) is 6.54 Å². The molecule has 0 saturated carbocycles. The van der Waals surface area contributed by atoms with Gasteiger partial charge in [-0.05, 0) is 67.4 Å². The maximum absolute atomic E-state index is 13.3. The van der Waals surface area contributed by atoms with Gasteiger partial charge in [-0.25, -0.2) is 4.68 Å². The van der Waals surface area contributed by atoms with Crippen molar-refractivity contribution in [3.05, 3.63) is 84.6 Å². The molecule has 1 fully saturated rings. The summed E-state index contributed by atoms with van der Waals surface area (Å²) in [4.78, 5) is 17.0. The molecule has 3 aromatic carbocycles.